The molecule has 10 heteroatoms. The minimum Gasteiger partial charge on any atom is -0.490 e. The van der Waals surface area contributed by atoms with Crippen molar-refractivity contribution in [1.82, 2.24) is 19.9 Å². The highest BCUT2D eigenvalue weighted by atomic mass is 19.1. The lowest BCUT2D eigenvalue weighted by molar-refractivity contribution is -0.118. The molecule has 1 fully saturated rings. The Hall–Kier alpha value is -3.79. The lowest BCUT2D eigenvalue weighted by Crippen LogP contribution is -2.58. The molecule has 5 rings (SSSR count). The summed E-state index contributed by atoms with van der Waals surface area (Å²) in [5.74, 6) is 0.0509. The van der Waals surface area contributed by atoms with Crippen LogP contribution >= 0.6 is 0 Å². The van der Waals surface area contributed by atoms with Crippen molar-refractivity contribution in [2.24, 2.45) is 0 Å². The lowest BCUT2D eigenvalue weighted by atomic mass is 10.1. The molecule has 0 radical (unpaired) electrons. The minimum absolute atomic E-state index is 0.135. The van der Waals surface area contributed by atoms with Crippen molar-refractivity contribution in [3.63, 3.8) is 0 Å². The van der Waals surface area contributed by atoms with Gasteiger partial charge in [-0.05, 0) is 43.7 Å². The largest absolute Gasteiger partial charge is 0.490 e. The molecule has 0 bridgehead atoms. The van der Waals surface area contributed by atoms with Gasteiger partial charge in [-0.2, -0.15) is 4.39 Å². The molecule has 2 aliphatic heterocycles. The zero-order valence-electron chi connectivity index (χ0n) is 18.9. The Bertz CT molecular complexity index is 1240. The number of hydrogen-bond acceptors (Lipinski definition) is 7. The van der Waals surface area contributed by atoms with E-state index < -0.39 is 5.95 Å². The van der Waals surface area contributed by atoms with Crippen molar-refractivity contribution in [1.29, 1.82) is 0 Å². The molecular formula is C24H24FN5O4. The zero-order valence-corrected chi connectivity index (χ0v) is 18.9. The van der Waals surface area contributed by atoms with Crippen LogP contribution in [0.25, 0.3) is 11.1 Å². The van der Waals surface area contributed by atoms with Gasteiger partial charge in [-0.25, -0.2) is 4.98 Å². The van der Waals surface area contributed by atoms with Gasteiger partial charge in [0.2, 0.25) is 11.9 Å². The summed E-state index contributed by atoms with van der Waals surface area (Å²) < 4.78 is 25.4. The third-order valence-electron chi connectivity index (χ3n) is 6.24. The van der Waals surface area contributed by atoms with Crippen LogP contribution in [-0.4, -0.2) is 70.6 Å². The molecule has 4 heterocycles. The Morgan fingerprint density at radius 3 is 2.85 bits per heavy atom. The summed E-state index contributed by atoms with van der Waals surface area (Å²) in [6.07, 6.45) is 1.39. The summed E-state index contributed by atoms with van der Waals surface area (Å²) in [4.78, 5) is 33.4. The van der Waals surface area contributed by atoms with E-state index in [4.69, 9.17) is 9.26 Å². The number of benzene rings is 1. The molecule has 3 aromatic rings. The molecule has 1 atom stereocenters. The highest BCUT2D eigenvalue weighted by molar-refractivity contribution is 5.96. The van der Waals surface area contributed by atoms with Crippen LogP contribution in [0, 0.1) is 19.8 Å². The number of aryl methyl sites for hydroxylation is 2. The van der Waals surface area contributed by atoms with Crippen LogP contribution in [0.15, 0.2) is 41.1 Å². The van der Waals surface area contributed by atoms with Gasteiger partial charge in [0.1, 0.15) is 23.7 Å². The number of pyridine rings is 1. The number of amides is 2. The number of anilines is 1. The van der Waals surface area contributed by atoms with E-state index in [2.05, 4.69) is 15.5 Å². The molecule has 2 aliphatic rings. The van der Waals surface area contributed by atoms with Crippen molar-refractivity contribution < 1.29 is 23.2 Å². The fourth-order valence-corrected chi connectivity index (χ4v) is 4.47. The van der Waals surface area contributed by atoms with Gasteiger partial charge in [0, 0.05) is 31.4 Å². The summed E-state index contributed by atoms with van der Waals surface area (Å²) in [6, 6.07) is 8.24. The standard InChI is InChI=1S/C24H24FN5O4/c1-14-22(15(2)34-28-14)24(32)30-9-8-29-12-21(31)27-19-10-16(18-4-3-7-26-23(18)25)5-6-20(19)33-13-17(29)11-30/h3-7,10,17H,8-9,11-13H2,1-2H3,(H,27,31)/t17-/m1/s1. The second-order valence-corrected chi connectivity index (χ2v) is 8.49. The van der Waals surface area contributed by atoms with Crippen molar-refractivity contribution in [3.05, 3.63) is 59.5 Å². The fourth-order valence-electron chi connectivity index (χ4n) is 4.47. The first-order valence-corrected chi connectivity index (χ1v) is 11.0. The van der Waals surface area contributed by atoms with Crippen LogP contribution in [0.4, 0.5) is 10.1 Å². The summed E-state index contributed by atoms with van der Waals surface area (Å²) in [5, 5.41) is 6.77. The number of aromatic nitrogens is 2. The predicted octanol–water partition coefficient (Wildman–Crippen LogP) is 2.65. The zero-order chi connectivity index (χ0) is 23.8. The number of halogens is 1. The predicted molar refractivity (Wildman–Crippen MR) is 121 cm³/mol. The number of carbonyl (C=O) groups excluding carboxylic acids is 2. The topological polar surface area (TPSA) is 101 Å². The van der Waals surface area contributed by atoms with E-state index in [0.29, 0.717) is 59.2 Å². The molecular weight excluding hydrogens is 441 g/mol. The molecule has 0 saturated carbocycles. The van der Waals surface area contributed by atoms with Gasteiger partial charge in [0.25, 0.3) is 5.91 Å². The number of hydrogen-bond donors (Lipinski definition) is 1. The molecule has 1 N–H and O–H groups in total. The molecule has 2 aromatic heterocycles. The Balaban J connectivity index is 1.38. The number of nitrogens with one attached hydrogen (secondary N) is 1. The summed E-state index contributed by atoms with van der Waals surface area (Å²) in [6.45, 7) is 5.32. The first-order valence-electron chi connectivity index (χ1n) is 11.0. The normalized spacial score (nSPS) is 18.6. The maximum Gasteiger partial charge on any atom is 0.259 e. The van der Waals surface area contributed by atoms with Crippen LogP contribution in [0.2, 0.25) is 0 Å². The maximum absolute atomic E-state index is 14.2. The van der Waals surface area contributed by atoms with E-state index in [0.717, 1.165) is 0 Å². The van der Waals surface area contributed by atoms with Gasteiger partial charge >= 0.3 is 0 Å². The average molecular weight is 465 g/mol. The molecule has 2 amide bonds. The Labute approximate surface area is 195 Å². The number of carbonyl (C=O) groups is 2. The van der Waals surface area contributed by atoms with Crippen molar-refractivity contribution in [2.45, 2.75) is 19.9 Å². The third kappa shape index (κ3) is 4.12. The maximum atomic E-state index is 14.2. The van der Waals surface area contributed by atoms with Gasteiger partial charge < -0.3 is 19.5 Å². The first kappa shape index (κ1) is 22.0. The number of nitrogens with zero attached hydrogens (tertiary/aromatic N) is 4. The number of fused-ring (bicyclic) bond motifs is 2. The number of rotatable bonds is 2. The van der Waals surface area contributed by atoms with Gasteiger partial charge in [-0.15, -0.1) is 0 Å². The van der Waals surface area contributed by atoms with Crippen LogP contribution in [0.3, 0.4) is 0 Å². The Kier molecular flexibility index (Phi) is 5.74. The highest BCUT2D eigenvalue weighted by Gasteiger charge is 2.34. The monoisotopic (exact) mass is 465 g/mol. The van der Waals surface area contributed by atoms with Gasteiger partial charge in [-0.1, -0.05) is 11.2 Å². The molecule has 1 aromatic carbocycles. The van der Waals surface area contributed by atoms with Gasteiger partial charge in [0.05, 0.1) is 24.0 Å². The fraction of sp³-hybridized carbons (Fsp3) is 0.333. The highest BCUT2D eigenvalue weighted by Crippen LogP contribution is 2.33. The van der Waals surface area contributed by atoms with E-state index >= 15 is 0 Å². The van der Waals surface area contributed by atoms with Crippen molar-refractivity contribution in [3.8, 4) is 16.9 Å². The van der Waals surface area contributed by atoms with Crippen LogP contribution < -0.4 is 10.1 Å². The van der Waals surface area contributed by atoms with Crippen LogP contribution in [0.1, 0.15) is 21.8 Å². The molecule has 1 saturated heterocycles. The molecule has 0 unspecified atom stereocenters. The second-order valence-electron chi connectivity index (χ2n) is 8.49. The Morgan fingerprint density at radius 1 is 1.24 bits per heavy atom. The summed E-state index contributed by atoms with van der Waals surface area (Å²) >= 11 is 0. The minimum atomic E-state index is -0.585. The first-order chi connectivity index (χ1) is 16.4. The molecule has 9 nitrogen and oxygen atoms in total. The summed E-state index contributed by atoms with van der Waals surface area (Å²) in [7, 11) is 0. The quantitative estimate of drug-likeness (QED) is 0.581. The Morgan fingerprint density at radius 2 is 2.09 bits per heavy atom. The van der Waals surface area contributed by atoms with E-state index in [9.17, 15) is 14.0 Å². The third-order valence-corrected chi connectivity index (χ3v) is 6.24. The number of piperazine rings is 1. The summed E-state index contributed by atoms with van der Waals surface area (Å²) in [5.41, 5.74) is 2.43. The van der Waals surface area contributed by atoms with Crippen LogP contribution in [0.5, 0.6) is 5.75 Å². The lowest BCUT2D eigenvalue weighted by Gasteiger charge is -2.40. The van der Waals surface area contributed by atoms with E-state index in [1.54, 1.807) is 49.1 Å². The average Bonchev–Trinajstić information content (AvgIpc) is 3.18. The molecule has 0 aliphatic carbocycles. The number of ether oxygens (including phenoxy) is 1. The van der Waals surface area contributed by atoms with E-state index in [1.165, 1.54) is 6.20 Å². The SMILES string of the molecule is Cc1noc(C)c1C(=O)N1CCN2CC(=O)Nc3cc(-c4cccnc4F)ccc3OC[C@H]2C1. The van der Waals surface area contributed by atoms with E-state index in [-0.39, 0.29) is 31.0 Å². The van der Waals surface area contributed by atoms with Crippen molar-refractivity contribution in [2.75, 3.05) is 38.1 Å². The van der Waals surface area contributed by atoms with Crippen molar-refractivity contribution >= 4 is 17.5 Å². The van der Waals surface area contributed by atoms with Crippen LogP contribution in [-0.2, 0) is 4.79 Å². The second kappa shape index (κ2) is 8.86. The van der Waals surface area contributed by atoms with Gasteiger partial charge in [-0.3, -0.25) is 14.5 Å². The van der Waals surface area contributed by atoms with Gasteiger partial charge in [0.15, 0.2) is 0 Å². The molecule has 34 heavy (non-hydrogen) atoms. The smallest absolute Gasteiger partial charge is 0.259 e. The van der Waals surface area contributed by atoms with E-state index in [1.807, 2.05) is 4.90 Å². The molecule has 0 spiro atoms. The molecule has 176 valence electrons.